The van der Waals surface area contributed by atoms with Gasteiger partial charge >= 0.3 is 0 Å². The molecule has 0 aromatic rings. The fraction of sp³-hybridized carbons (Fsp3) is 1.00. The summed E-state index contributed by atoms with van der Waals surface area (Å²) in [7, 11) is 2.25. The molecular formula is C13H28N2. The van der Waals surface area contributed by atoms with Crippen LogP contribution >= 0.6 is 0 Å². The molecule has 0 saturated carbocycles. The van der Waals surface area contributed by atoms with Gasteiger partial charge in [-0.3, -0.25) is 0 Å². The van der Waals surface area contributed by atoms with Crippen molar-refractivity contribution in [1.82, 2.24) is 10.2 Å². The molecule has 2 heteroatoms. The first-order chi connectivity index (χ1) is 6.75. The lowest BCUT2D eigenvalue weighted by Gasteiger charge is -2.39. The van der Waals surface area contributed by atoms with Crippen LogP contribution < -0.4 is 5.32 Å². The van der Waals surface area contributed by atoms with E-state index >= 15 is 0 Å². The molecular weight excluding hydrogens is 184 g/mol. The highest BCUT2D eigenvalue weighted by molar-refractivity contribution is 4.92. The van der Waals surface area contributed by atoms with Crippen LogP contribution in [0.4, 0.5) is 0 Å². The lowest BCUT2D eigenvalue weighted by molar-refractivity contribution is 0.112. The number of hydrogen-bond donors (Lipinski definition) is 1. The van der Waals surface area contributed by atoms with Crippen LogP contribution in [0, 0.1) is 5.41 Å². The van der Waals surface area contributed by atoms with Crippen LogP contribution in [0.1, 0.15) is 47.5 Å². The van der Waals surface area contributed by atoms with Gasteiger partial charge in [0.2, 0.25) is 0 Å². The van der Waals surface area contributed by atoms with Crippen molar-refractivity contribution >= 4 is 0 Å². The van der Waals surface area contributed by atoms with Gasteiger partial charge < -0.3 is 10.2 Å². The summed E-state index contributed by atoms with van der Waals surface area (Å²) >= 11 is 0. The molecule has 90 valence electrons. The molecule has 2 atom stereocenters. The van der Waals surface area contributed by atoms with Crippen LogP contribution in [0.5, 0.6) is 0 Å². The van der Waals surface area contributed by atoms with Crippen molar-refractivity contribution < 1.29 is 0 Å². The highest BCUT2D eigenvalue weighted by Gasteiger charge is 2.32. The summed E-state index contributed by atoms with van der Waals surface area (Å²) in [5, 5.41) is 3.63. The third kappa shape index (κ3) is 3.46. The highest BCUT2D eigenvalue weighted by atomic mass is 15.2. The van der Waals surface area contributed by atoms with Crippen LogP contribution in [-0.2, 0) is 0 Å². The Balaban J connectivity index is 2.51. The molecule has 1 aliphatic rings. The molecule has 1 N–H and O–H groups in total. The molecule has 1 aliphatic heterocycles. The van der Waals surface area contributed by atoms with Gasteiger partial charge in [0.1, 0.15) is 0 Å². The van der Waals surface area contributed by atoms with Crippen LogP contribution in [0.2, 0.25) is 0 Å². The summed E-state index contributed by atoms with van der Waals surface area (Å²) in [5.41, 5.74) is 0.706. The summed E-state index contributed by atoms with van der Waals surface area (Å²) in [4.78, 5) is 2.50. The SMILES string of the molecule is CC(N(C)CC1(C)CCCN1)C(C)(C)C. The Hall–Kier alpha value is -0.0800. The molecule has 2 unspecified atom stereocenters. The van der Waals surface area contributed by atoms with Gasteiger partial charge in [0.15, 0.2) is 0 Å². The Morgan fingerprint density at radius 1 is 1.40 bits per heavy atom. The van der Waals surface area contributed by atoms with Crippen molar-refractivity contribution in [3.63, 3.8) is 0 Å². The topological polar surface area (TPSA) is 15.3 Å². The largest absolute Gasteiger partial charge is 0.310 e. The van der Waals surface area contributed by atoms with Crippen LogP contribution in [-0.4, -0.2) is 36.6 Å². The van der Waals surface area contributed by atoms with Gasteiger partial charge in [-0.25, -0.2) is 0 Å². The van der Waals surface area contributed by atoms with E-state index in [9.17, 15) is 0 Å². The highest BCUT2D eigenvalue weighted by Crippen LogP contribution is 2.26. The van der Waals surface area contributed by atoms with Crippen molar-refractivity contribution in [3.8, 4) is 0 Å². The second kappa shape index (κ2) is 4.42. The number of nitrogens with zero attached hydrogens (tertiary/aromatic N) is 1. The first-order valence-electron chi connectivity index (χ1n) is 6.20. The zero-order chi connectivity index (χ0) is 11.7. The van der Waals surface area contributed by atoms with E-state index in [1.165, 1.54) is 19.4 Å². The molecule has 0 spiro atoms. The quantitative estimate of drug-likeness (QED) is 0.773. The van der Waals surface area contributed by atoms with Crippen molar-refractivity contribution in [2.24, 2.45) is 5.41 Å². The van der Waals surface area contributed by atoms with Crippen LogP contribution in [0.3, 0.4) is 0 Å². The molecule has 1 saturated heterocycles. The van der Waals surface area contributed by atoms with Crippen molar-refractivity contribution in [2.45, 2.75) is 59.0 Å². The Kier molecular flexibility index (Phi) is 3.83. The van der Waals surface area contributed by atoms with E-state index in [4.69, 9.17) is 0 Å². The standard InChI is InChI=1S/C13H28N2/c1-11(12(2,3)4)15(6)10-13(5)8-7-9-14-13/h11,14H,7-10H2,1-6H3. The molecule has 2 nitrogen and oxygen atoms in total. The first kappa shape index (κ1) is 13.0. The lowest BCUT2D eigenvalue weighted by atomic mass is 9.86. The number of nitrogens with one attached hydrogen (secondary N) is 1. The maximum atomic E-state index is 3.63. The van der Waals surface area contributed by atoms with Gasteiger partial charge in [-0.1, -0.05) is 20.8 Å². The minimum absolute atomic E-state index is 0.342. The second-order valence-electron chi connectivity index (χ2n) is 6.55. The maximum absolute atomic E-state index is 3.63. The fourth-order valence-electron chi connectivity index (χ4n) is 2.44. The monoisotopic (exact) mass is 212 g/mol. The molecule has 0 aliphatic carbocycles. The van der Waals surface area contributed by atoms with Gasteiger partial charge in [0, 0.05) is 18.1 Å². The van der Waals surface area contributed by atoms with E-state index in [1.807, 2.05) is 0 Å². The van der Waals surface area contributed by atoms with Gasteiger partial charge in [-0.05, 0) is 45.7 Å². The average Bonchev–Trinajstić information content (AvgIpc) is 2.48. The fourth-order valence-corrected chi connectivity index (χ4v) is 2.44. The van der Waals surface area contributed by atoms with Gasteiger partial charge in [0.25, 0.3) is 0 Å². The molecule has 0 radical (unpaired) electrons. The molecule has 0 bridgehead atoms. The van der Waals surface area contributed by atoms with Gasteiger partial charge in [0.05, 0.1) is 0 Å². The number of hydrogen-bond acceptors (Lipinski definition) is 2. The second-order valence-corrected chi connectivity index (χ2v) is 6.55. The summed E-state index contributed by atoms with van der Waals surface area (Å²) in [6, 6.07) is 0.622. The van der Waals surface area contributed by atoms with E-state index in [1.54, 1.807) is 0 Å². The molecule has 0 amide bonds. The summed E-state index contributed by atoms with van der Waals surface area (Å²) in [5.74, 6) is 0. The molecule has 0 aromatic carbocycles. The third-order valence-corrected chi connectivity index (χ3v) is 3.97. The third-order valence-electron chi connectivity index (χ3n) is 3.97. The van der Waals surface area contributed by atoms with Crippen LogP contribution in [0.25, 0.3) is 0 Å². The first-order valence-corrected chi connectivity index (χ1v) is 6.20. The molecule has 0 aromatic heterocycles. The van der Waals surface area contributed by atoms with Crippen molar-refractivity contribution in [2.75, 3.05) is 20.1 Å². The minimum Gasteiger partial charge on any atom is -0.310 e. The minimum atomic E-state index is 0.342. The van der Waals surface area contributed by atoms with E-state index < -0.39 is 0 Å². The predicted octanol–water partition coefficient (Wildman–Crippen LogP) is 2.49. The number of rotatable bonds is 3. The van der Waals surface area contributed by atoms with Crippen molar-refractivity contribution in [1.29, 1.82) is 0 Å². The van der Waals surface area contributed by atoms with Crippen molar-refractivity contribution in [3.05, 3.63) is 0 Å². The lowest BCUT2D eigenvalue weighted by Crippen LogP contribution is -2.51. The smallest absolute Gasteiger partial charge is 0.0280 e. The normalized spacial score (nSPS) is 29.8. The Labute approximate surface area is 95.4 Å². The van der Waals surface area contributed by atoms with E-state index in [0.29, 0.717) is 17.0 Å². The molecule has 1 rings (SSSR count). The number of likely N-dealkylation sites (N-methyl/N-ethyl adjacent to an activating group) is 1. The van der Waals surface area contributed by atoms with Gasteiger partial charge in [-0.2, -0.15) is 0 Å². The Morgan fingerprint density at radius 2 is 2.00 bits per heavy atom. The Morgan fingerprint density at radius 3 is 2.40 bits per heavy atom. The zero-order valence-electron chi connectivity index (χ0n) is 11.4. The summed E-state index contributed by atoms with van der Waals surface area (Å²) in [6.45, 7) is 14.0. The molecule has 1 fully saturated rings. The molecule has 15 heavy (non-hydrogen) atoms. The van der Waals surface area contributed by atoms with E-state index in [0.717, 1.165) is 6.54 Å². The Bertz CT molecular complexity index is 199. The van der Waals surface area contributed by atoms with E-state index in [2.05, 4.69) is 51.9 Å². The summed E-state index contributed by atoms with van der Waals surface area (Å²) in [6.07, 6.45) is 2.64. The average molecular weight is 212 g/mol. The summed E-state index contributed by atoms with van der Waals surface area (Å²) < 4.78 is 0. The van der Waals surface area contributed by atoms with Gasteiger partial charge in [-0.15, -0.1) is 0 Å². The van der Waals surface area contributed by atoms with Crippen LogP contribution in [0.15, 0.2) is 0 Å². The van der Waals surface area contributed by atoms with E-state index in [-0.39, 0.29) is 0 Å². The molecule has 1 heterocycles. The predicted molar refractivity (Wildman–Crippen MR) is 67.2 cm³/mol. The maximum Gasteiger partial charge on any atom is 0.0280 e. The zero-order valence-corrected chi connectivity index (χ0v) is 11.4.